The highest BCUT2D eigenvalue weighted by Crippen LogP contribution is 2.39. The first-order valence-electron chi connectivity index (χ1n) is 4.93. The molecule has 0 nitrogen and oxygen atoms in total. The molecule has 2 aromatic rings. The average molecular weight is 350 g/mol. The van der Waals surface area contributed by atoms with Crippen LogP contribution in [0.2, 0.25) is 15.1 Å². The molecule has 0 radical (unpaired) electrons. The molecule has 0 spiro atoms. The van der Waals surface area contributed by atoms with Crippen LogP contribution in [0.15, 0.2) is 42.5 Å². The van der Waals surface area contributed by atoms with Gasteiger partial charge < -0.3 is 0 Å². The molecule has 17 heavy (non-hydrogen) atoms. The van der Waals surface area contributed by atoms with Crippen LogP contribution in [0.3, 0.4) is 0 Å². The smallest absolute Gasteiger partial charge is 0.0674 e. The van der Waals surface area contributed by atoms with Crippen molar-refractivity contribution < 1.29 is 0 Å². The summed E-state index contributed by atoms with van der Waals surface area (Å²) in [5.74, 6) is 0. The van der Waals surface area contributed by atoms with Crippen LogP contribution in [-0.4, -0.2) is 0 Å². The molecule has 0 aliphatic heterocycles. The molecular formula is C13H8BrCl3. The lowest BCUT2D eigenvalue weighted by Crippen LogP contribution is -1.94. The van der Waals surface area contributed by atoms with Gasteiger partial charge >= 0.3 is 0 Å². The van der Waals surface area contributed by atoms with E-state index in [1.165, 1.54) is 0 Å². The quantitative estimate of drug-likeness (QED) is 0.571. The Labute approximate surface area is 124 Å². The van der Waals surface area contributed by atoms with Crippen LogP contribution in [0.4, 0.5) is 0 Å². The zero-order valence-electron chi connectivity index (χ0n) is 8.63. The lowest BCUT2D eigenvalue weighted by atomic mass is 10.0. The van der Waals surface area contributed by atoms with E-state index in [1.54, 1.807) is 12.1 Å². The minimum atomic E-state index is -0.0672. The van der Waals surface area contributed by atoms with Gasteiger partial charge in [0.1, 0.15) is 0 Å². The summed E-state index contributed by atoms with van der Waals surface area (Å²) >= 11 is 21.9. The van der Waals surface area contributed by atoms with Gasteiger partial charge in [0.25, 0.3) is 0 Å². The summed E-state index contributed by atoms with van der Waals surface area (Å²) in [6.45, 7) is 0. The van der Waals surface area contributed by atoms with E-state index in [0.717, 1.165) is 11.1 Å². The molecule has 0 saturated heterocycles. The molecule has 0 aliphatic rings. The maximum atomic E-state index is 6.16. The molecule has 2 aromatic carbocycles. The molecular weight excluding hydrogens is 342 g/mol. The third kappa shape index (κ3) is 2.97. The van der Waals surface area contributed by atoms with Crippen molar-refractivity contribution in [2.24, 2.45) is 0 Å². The predicted molar refractivity (Wildman–Crippen MR) is 78.7 cm³/mol. The Morgan fingerprint density at radius 1 is 0.824 bits per heavy atom. The molecule has 0 aromatic heterocycles. The van der Waals surface area contributed by atoms with Crippen LogP contribution < -0.4 is 0 Å². The van der Waals surface area contributed by atoms with E-state index in [1.807, 2.05) is 30.3 Å². The first-order valence-corrected chi connectivity index (χ1v) is 6.98. The summed E-state index contributed by atoms with van der Waals surface area (Å²) in [4.78, 5) is -0.0672. The highest BCUT2D eigenvalue weighted by atomic mass is 79.9. The maximum Gasteiger partial charge on any atom is 0.0674 e. The molecule has 0 fully saturated rings. The molecule has 0 heterocycles. The first kappa shape index (κ1) is 13.2. The van der Waals surface area contributed by atoms with E-state index in [2.05, 4.69) is 15.9 Å². The summed E-state index contributed by atoms with van der Waals surface area (Å²) < 4.78 is 0. The topological polar surface area (TPSA) is 0 Å². The zero-order valence-corrected chi connectivity index (χ0v) is 12.5. The van der Waals surface area contributed by atoms with Crippen LogP contribution >= 0.6 is 50.7 Å². The summed E-state index contributed by atoms with van der Waals surface area (Å²) in [5, 5.41) is 2.02. The number of benzene rings is 2. The number of hydrogen-bond acceptors (Lipinski definition) is 0. The van der Waals surface area contributed by atoms with Gasteiger partial charge in [-0.3, -0.25) is 0 Å². The molecule has 1 atom stereocenters. The van der Waals surface area contributed by atoms with Gasteiger partial charge in [0, 0.05) is 15.1 Å². The Morgan fingerprint density at radius 3 is 2.18 bits per heavy atom. The molecule has 0 aliphatic carbocycles. The predicted octanol–water partition coefficient (Wildman–Crippen LogP) is 6.13. The SMILES string of the molecule is Clc1ccc(Cl)c(C(Br)c2ccccc2Cl)c1. The van der Waals surface area contributed by atoms with Crippen LogP contribution in [0, 0.1) is 0 Å². The van der Waals surface area contributed by atoms with Gasteiger partial charge in [-0.15, -0.1) is 0 Å². The fourth-order valence-corrected chi connectivity index (χ4v) is 3.25. The van der Waals surface area contributed by atoms with Crippen LogP contribution in [-0.2, 0) is 0 Å². The number of alkyl halides is 1. The molecule has 1 unspecified atom stereocenters. The number of rotatable bonds is 2. The molecule has 2 rings (SSSR count). The van der Waals surface area contributed by atoms with Crippen molar-refractivity contribution in [3.8, 4) is 0 Å². The summed E-state index contributed by atoms with van der Waals surface area (Å²) in [5.41, 5.74) is 1.88. The van der Waals surface area contributed by atoms with Gasteiger partial charge in [-0.05, 0) is 35.4 Å². The second kappa shape index (κ2) is 5.62. The Hall–Kier alpha value is -0.210. The van der Waals surface area contributed by atoms with Gasteiger partial charge in [0.15, 0.2) is 0 Å². The zero-order chi connectivity index (χ0) is 12.4. The molecule has 4 heteroatoms. The van der Waals surface area contributed by atoms with E-state index in [-0.39, 0.29) is 4.83 Å². The van der Waals surface area contributed by atoms with E-state index in [4.69, 9.17) is 34.8 Å². The minimum absolute atomic E-state index is 0.0672. The standard InChI is InChI=1S/C13H8BrCl3/c14-13(9-3-1-2-4-11(9)16)10-7-8(15)5-6-12(10)17/h1-7,13H. The van der Waals surface area contributed by atoms with Crippen molar-refractivity contribution in [2.45, 2.75) is 4.83 Å². The fraction of sp³-hybridized carbons (Fsp3) is 0.0769. The third-order valence-electron chi connectivity index (χ3n) is 2.41. The Kier molecular flexibility index (Phi) is 4.37. The normalized spacial score (nSPS) is 12.5. The Bertz CT molecular complexity index is 540. The van der Waals surface area contributed by atoms with Gasteiger partial charge in [-0.1, -0.05) is 68.9 Å². The summed E-state index contributed by atoms with van der Waals surface area (Å²) in [6, 6.07) is 13.0. The Morgan fingerprint density at radius 2 is 1.47 bits per heavy atom. The number of halogens is 4. The molecule has 0 amide bonds. The lowest BCUT2D eigenvalue weighted by molar-refractivity contribution is 1.18. The number of hydrogen-bond donors (Lipinski definition) is 0. The van der Waals surface area contributed by atoms with E-state index in [0.29, 0.717) is 15.1 Å². The Balaban J connectivity index is 2.47. The highest BCUT2D eigenvalue weighted by Gasteiger charge is 2.16. The van der Waals surface area contributed by atoms with Crippen molar-refractivity contribution in [3.05, 3.63) is 68.7 Å². The van der Waals surface area contributed by atoms with Gasteiger partial charge in [-0.25, -0.2) is 0 Å². The van der Waals surface area contributed by atoms with Gasteiger partial charge in [-0.2, -0.15) is 0 Å². The van der Waals surface area contributed by atoms with Crippen LogP contribution in [0.1, 0.15) is 16.0 Å². The maximum absolute atomic E-state index is 6.16. The van der Waals surface area contributed by atoms with Gasteiger partial charge in [0.2, 0.25) is 0 Å². The highest BCUT2D eigenvalue weighted by molar-refractivity contribution is 9.09. The van der Waals surface area contributed by atoms with Crippen molar-refractivity contribution in [2.75, 3.05) is 0 Å². The van der Waals surface area contributed by atoms with E-state index in [9.17, 15) is 0 Å². The van der Waals surface area contributed by atoms with Crippen LogP contribution in [0.5, 0.6) is 0 Å². The third-order valence-corrected chi connectivity index (χ3v) is 4.32. The first-order chi connectivity index (χ1) is 8.09. The molecule has 0 bridgehead atoms. The monoisotopic (exact) mass is 348 g/mol. The molecule has 88 valence electrons. The average Bonchev–Trinajstić information content (AvgIpc) is 2.32. The van der Waals surface area contributed by atoms with Crippen LogP contribution in [0.25, 0.3) is 0 Å². The van der Waals surface area contributed by atoms with Crippen molar-refractivity contribution >= 4 is 50.7 Å². The van der Waals surface area contributed by atoms with E-state index < -0.39 is 0 Å². The molecule has 0 saturated carbocycles. The lowest BCUT2D eigenvalue weighted by Gasteiger charge is -2.14. The van der Waals surface area contributed by atoms with Gasteiger partial charge in [0.05, 0.1) is 4.83 Å². The van der Waals surface area contributed by atoms with E-state index >= 15 is 0 Å². The van der Waals surface area contributed by atoms with Crippen molar-refractivity contribution in [1.29, 1.82) is 0 Å². The van der Waals surface area contributed by atoms with Crippen molar-refractivity contribution in [1.82, 2.24) is 0 Å². The minimum Gasteiger partial charge on any atom is -0.0843 e. The summed E-state index contributed by atoms with van der Waals surface area (Å²) in [6.07, 6.45) is 0. The van der Waals surface area contributed by atoms with Crippen molar-refractivity contribution in [3.63, 3.8) is 0 Å². The summed E-state index contributed by atoms with van der Waals surface area (Å²) in [7, 11) is 0. The largest absolute Gasteiger partial charge is 0.0843 e. The molecule has 0 N–H and O–H groups in total. The second-order valence-electron chi connectivity index (χ2n) is 3.55. The second-order valence-corrected chi connectivity index (χ2v) is 5.72. The fourth-order valence-electron chi connectivity index (χ4n) is 1.56.